The van der Waals surface area contributed by atoms with Crippen molar-refractivity contribution in [2.75, 3.05) is 12.8 Å². The molecule has 19 heavy (non-hydrogen) atoms. The monoisotopic (exact) mass is 263 g/mol. The van der Waals surface area contributed by atoms with E-state index >= 15 is 0 Å². The number of ether oxygens (including phenoxy) is 2. The van der Waals surface area contributed by atoms with Crippen molar-refractivity contribution in [1.29, 1.82) is 0 Å². The van der Waals surface area contributed by atoms with Crippen LogP contribution in [0.2, 0.25) is 0 Å². The van der Waals surface area contributed by atoms with Gasteiger partial charge in [0.25, 0.3) is 5.89 Å². The number of nitrogens with two attached hydrogens (primary N) is 1. The normalized spacial score (nSPS) is 11.5. The molecule has 6 heteroatoms. The lowest BCUT2D eigenvalue weighted by atomic mass is 10.1. The van der Waals surface area contributed by atoms with Crippen molar-refractivity contribution in [3.05, 3.63) is 36.0 Å². The summed E-state index contributed by atoms with van der Waals surface area (Å²) in [5, 5.41) is 3.87. The molecule has 2 rings (SSSR count). The Morgan fingerprint density at radius 1 is 1.26 bits per heavy atom. The molecule has 0 radical (unpaired) electrons. The summed E-state index contributed by atoms with van der Waals surface area (Å²) >= 11 is 0. The first-order valence-corrected chi connectivity index (χ1v) is 5.88. The summed E-state index contributed by atoms with van der Waals surface area (Å²) < 4.78 is 15.9. The third-order valence-electron chi connectivity index (χ3n) is 2.76. The minimum Gasteiger partial charge on any atom is -0.484 e. The SMILES string of the molecule is COC(C)(C)c1noc(COc2ccc(N)cc2)n1. The van der Waals surface area contributed by atoms with E-state index in [-0.39, 0.29) is 6.61 Å². The molecule has 0 spiro atoms. The fourth-order valence-electron chi connectivity index (χ4n) is 1.36. The summed E-state index contributed by atoms with van der Waals surface area (Å²) in [5.41, 5.74) is 5.70. The Labute approximate surface area is 111 Å². The van der Waals surface area contributed by atoms with Crippen molar-refractivity contribution in [1.82, 2.24) is 10.1 Å². The highest BCUT2D eigenvalue weighted by Gasteiger charge is 2.26. The lowest BCUT2D eigenvalue weighted by Crippen LogP contribution is -2.21. The second kappa shape index (κ2) is 5.27. The van der Waals surface area contributed by atoms with E-state index in [4.69, 9.17) is 19.7 Å². The molecule has 1 aromatic heterocycles. The summed E-state index contributed by atoms with van der Waals surface area (Å²) in [5.74, 6) is 1.59. The summed E-state index contributed by atoms with van der Waals surface area (Å²) in [6.07, 6.45) is 0. The lowest BCUT2D eigenvalue weighted by Gasteiger charge is -2.17. The molecular formula is C13H17N3O3. The van der Waals surface area contributed by atoms with Gasteiger partial charge in [-0.15, -0.1) is 0 Å². The van der Waals surface area contributed by atoms with Gasteiger partial charge >= 0.3 is 0 Å². The van der Waals surface area contributed by atoms with Crippen LogP contribution in [0.1, 0.15) is 25.6 Å². The molecule has 6 nitrogen and oxygen atoms in total. The van der Waals surface area contributed by atoms with Crippen LogP contribution in [-0.4, -0.2) is 17.3 Å². The molecule has 1 heterocycles. The Hall–Kier alpha value is -2.08. The number of hydrogen-bond acceptors (Lipinski definition) is 6. The largest absolute Gasteiger partial charge is 0.484 e. The Kier molecular flexibility index (Phi) is 3.71. The highest BCUT2D eigenvalue weighted by Crippen LogP contribution is 2.21. The zero-order valence-corrected chi connectivity index (χ0v) is 11.2. The maximum atomic E-state index is 5.59. The van der Waals surface area contributed by atoms with E-state index in [9.17, 15) is 0 Å². The van der Waals surface area contributed by atoms with Gasteiger partial charge in [-0.3, -0.25) is 0 Å². The van der Waals surface area contributed by atoms with Gasteiger partial charge in [0.1, 0.15) is 11.4 Å². The first kappa shape index (κ1) is 13.4. The summed E-state index contributed by atoms with van der Waals surface area (Å²) in [7, 11) is 1.60. The fraction of sp³-hybridized carbons (Fsp3) is 0.385. The molecule has 0 atom stereocenters. The number of hydrogen-bond donors (Lipinski definition) is 1. The molecule has 0 unspecified atom stereocenters. The van der Waals surface area contributed by atoms with E-state index in [0.29, 0.717) is 23.2 Å². The van der Waals surface area contributed by atoms with Gasteiger partial charge in [0, 0.05) is 12.8 Å². The molecule has 102 valence electrons. The number of anilines is 1. The van der Waals surface area contributed by atoms with E-state index in [1.807, 2.05) is 13.8 Å². The average Bonchev–Trinajstić information content (AvgIpc) is 2.88. The molecule has 0 amide bonds. The van der Waals surface area contributed by atoms with Gasteiger partial charge in [0.15, 0.2) is 6.61 Å². The molecule has 0 aliphatic heterocycles. The smallest absolute Gasteiger partial charge is 0.264 e. The standard InChI is InChI=1S/C13H17N3O3/c1-13(2,17-3)12-15-11(19-16-12)8-18-10-6-4-9(14)5-7-10/h4-7H,8,14H2,1-3H3. The van der Waals surface area contributed by atoms with Crippen LogP contribution in [0, 0.1) is 0 Å². The predicted molar refractivity (Wildman–Crippen MR) is 69.5 cm³/mol. The number of rotatable bonds is 5. The molecule has 0 bridgehead atoms. The van der Waals surface area contributed by atoms with E-state index in [1.54, 1.807) is 31.4 Å². The lowest BCUT2D eigenvalue weighted by molar-refractivity contribution is 0.00973. The topological polar surface area (TPSA) is 83.4 Å². The van der Waals surface area contributed by atoms with Gasteiger partial charge in [0.2, 0.25) is 5.82 Å². The van der Waals surface area contributed by atoms with E-state index in [0.717, 1.165) is 0 Å². The molecule has 2 aromatic rings. The second-order valence-corrected chi connectivity index (χ2v) is 4.58. The van der Waals surface area contributed by atoms with Gasteiger partial charge in [-0.2, -0.15) is 4.98 Å². The van der Waals surface area contributed by atoms with Crippen LogP contribution in [0.25, 0.3) is 0 Å². The molecule has 1 aromatic carbocycles. The number of aromatic nitrogens is 2. The molecule has 0 fully saturated rings. The highest BCUT2D eigenvalue weighted by atomic mass is 16.5. The molecule has 0 saturated carbocycles. The van der Waals surface area contributed by atoms with Crippen molar-refractivity contribution < 1.29 is 14.0 Å². The summed E-state index contributed by atoms with van der Waals surface area (Å²) in [4.78, 5) is 4.23. The van der Waals surface area contributed by atoms with Crippen LogP contribution < -0.4 is 10.5 Å². The van der Waals surface area contributed by atoms with Crippen molar-refractivity contribution >= 4 is 5.69 Å². The minimum absolute atomic E-state index is 0.205. The van der Waals surface area contributed by atoms with E-state index < -0.39 is 5.60 Å². The van der Waals surface area contributed by atoms with Gasteiger partial charge in [-0.25, -0.2) is 0 Å². The summed E-state index contributed by atoms with van der Waals surface area (Å²) in [6.45, 7) is 3.93. The quantitative estimate of drug-likeness (QED) is 0.832. The number of nitrogen functional groups attached to an aromatic ring is 1. The van der Waals surface area contributed by atoms with Gasteiger partial charge in [-0.05, 0) is 38.1 Å². The third-order valence-corrected chi connectivity index (χ3v) is 2.76. The van der Waals surface area contributed by atoms with Gasteiger partial charge in [0.05, 0.1) is 0 Å². The summed E-state index contributed by atoms with van der Waals surface area (Å²) in [6, 6.07) is 7.10. The maximum absolute atomic E-state index is 5.59. The minimum atomic E-state index is -0.580. The Balaban J connectivity index is 1.99. The number of benzene rings is 1. The Bertz CT molecular complexity index is 534. The zero-order chi connectivity index (χ0) is 13.9. The van der Waals surface area contributed by atoms with Crippen molar-refractivity contribution in [3.63, 3.8) is 0 Å². The van der Waals surface area contributed by atoms with Crippen LogP contribution in [-0.2, 0) is 16.9 Å². The fourth-order valence-corrected chi connectivity index (χ4v) is 1.36. The number of methoxy groups -OCH3 is 1. The van der Waals surface area contributed by atoms with E-state index in [2.05, 4.69) is 10.1 Å². The first-order chi connectivity index (χ1) is 9.01. The van der Waals surface area contributed by atoms with Crippen LogP contribution in [0.15, 0.2) is 28.8 Å². The molecule has 2 N–H and O–H groups in total. The number of nitrogens with zero attached hydrogens (tertiary/aromatic N) is 2. The van der Waals surface area contributed by atoms with Gasteiger partial charge < -0.3 is 19.7 Å². The van der Waals surface area contributed by atoms with Crippen LogP contribution in [0.3, 0.4) is 0 Å². The van der Waals surface area contributed by atoms with Crippen molar-refractivity contribution in [3.8, 4) is 5.75 Å². The van der Waals surface area contributed by atoms with Crippen LogP contribution >= 0.6 is 0 Å². The Morgan fingerprint density at radius 3 is 2.58 bits per heavy atom. The van der Waals surface area contributed by atoms with E-state index in [1.165, 1.54) is 0 Å². The molecule has 0 aliphatic carbocycles. The highest BCUT2D eigenvalue weighted by molar-refractivity contribution is 5.41. The van der Waals surface area contributed by atoms with Crippen molar-refractivity contribution in [2.24, 2.45) is 0 Å². The predicted octanol–water partition coefficient (Wildman–Crippen LogP) is 2.11. The molecule has 0 aliphatic rings. The van der Waals surface area contributed by atoms with Crippen molar-refractivity contribution in [2.45, 2.75) is 26.1 Å². The molecule has 0 saturated heterocycles. The second-order valence-electron chi connectivity index (χ2n) is 4.58. The first-order valence-electron chi connectivity index (χ1n) is 5.88. The van der Waals surface area contributed by atoms with Crippen LogP contribution in [0.5, 0.6) is 5.75 Å². The maximum Gasteiger partial charge on any atom is 0.264 e. The third kappa shape index (κ3) is 3.23. The Morgan fingerprint density at radius 2 is 1.95 bits per heavy atom. The zero-order valence-electron chi connectivity index (χ0n) is 11.2. The molecular weight excluding hydrogens is 246 g/mol. The average molecular weight is 263 g/mol. The van der Waals surface area contributed by atoms with Gasteiger partial charge in [-0.1, -0.05) is 5.16 Å². The van der Waals surface area contributed by atoms with Crippen LogP contribution in [0.4, 0.5) is 5.69 Å².